The summed E-state index contributed by atoms with van der Waals surface area (Å²) in [6.45, 7) is 11.0. The molecule has 1 aliphatic heterocycles. The van der Waals surface area contributed by atoms with Crippen molar-refractivity contribution in [2.24, 2.45) is 10.9 Å². The molecule has 0 aromatic heterocycles. The first-order valence-corrected chi connectivity index (χ1v) is 10.8. The zero-order valence-electron chi connectivity index (χ0n) is 18.7. The first kappa shape index (κ1) is 25.7. The van der Waals surface area contributed by atoms with Crippen molar-refractivity contribution in [1.29, 1.82) is 0 Å². The molecule has 0 saturated carbocycles. The lowest BCUT2D eigenvalue weighted by molar-refractivity contribution is -0.135. The Morgan fingerprint density at radius 2 is 1.76 bits per heavy atom. The summed E-state index contributed by atoms with van der Waals surface area (Å²) in [6.07, 6.45) is 4.09. The Kier molecular flexibility index (Phi) is 11.6. The smallest absolute Gasteiger partial charge is 0.225 e. The van der Waals surface area contributed by atoms with Gasteiger partial charge in [0.15, 0.2) is 5.96 Å². The Balaban J connectivity index is 0.00000420. The number of carbonyl (C=O) groups is 1. The molecule has 164 valence electrons. The second-order valence-corrected chi connectivity index (χ2v) is 8.40. The molecule has 1 saturated heterocycles. The first-order chi connectivity index (χ1) is 13.4. The summed E-state index contributed by atoms with van der Waals surface area (Å²) < 4.78 is 0. The zero-order chi connectivity index (χ0) is 20.5. The molecule has 1 fully saturated rings. The van der Waals surface area contributed by atoms with Crippen molar-refractivity contribution in [3.8, 4) is 0 Å². The van der Waals surface area contributed by atoms with Crippen LogP contribution < -0.4 is 10.6 Å². The molecule has 1 aromatic rings. The SMILES string of the molecule is CN=C(NCCCc1ccc(C(C)C)cc1)NC1CCN(C(=O)C(C)C)CC1.I. The van der Waals surface area contributed by atoms with Gasteiger partial charge in [-0.3, -0.25) is 9.79 Å². The van der Waals surface area contributed by atoms with Crippen LogP contribution in [-0.4, -0.2) is 49.5 Å². The third kappa shape index (κ3) is 8.52. The van der Waals surface area contributed by atoms with Gasteiger partial charge in [0.2, 0.25) is 5.91 Å². The minimum Gasteiger partial charge on any atom is -0.356 e. The number of hydrogen-bond acceptors (Lipinski definition) is 2. The maximum atomic E-state index is 12.1. The van der Waals surface area contributed by atoms with E-state index >= 15 is 0 Å². The van der Waals surface area contributed by atoms with Gasteiger partial charge in [-0.1, -0.05) is 52.0 Å². The zero-order valence-corrected chi connectivity index (χ0v) is 21.0. The first-order valence-electron chi connectivity index (χ1n) is 10.8. The Morgan fingerprint density at radius 1 is 1.14 bits per heavy atom. The van der Waals surface area contributed by atoms with Crippen LogP contribution in [0.25, 0.3) is 0 Å². The van der Waals surface area contributed by atoms with Gasteiger partial charge in [-0.05, 0) is 42.7 Å². The van der Waals surface area contributed by atoms with Crippen molar-refractivity contribution in [1.82, 2.24) is 15.5 Å². The highest BCUT2D eigenvalue weighted by atomic mass is 127. The fraction of sp³-hybridized carbons (Fsp3) is 0.652. The Bertz CT molecular complexity index is 635. The van der Waals surface area contributed by atoms with Crippen molar-refractivity contribution in [2.75, 3.05) is 26.7 Å². The molecule has 0 aliphatic carbocycles. The number of aliphatic imine (C=N–C) groups is 1. The van der Waals surface area contributed by atoms with E-state index in [0.717, 1.165) is 51.3 Å². The monoisotopic (exact) mass is 514 g/mol. The molecule has 1 aliphatic rings. The van der Waals surface area contributed by atoms with Crippen LogP contribution >= 0.6 is 24.0 Å². The summed E-state index contributed by atoms with van der Waals surface area (Å²) in [6, 6.07) is 9.35. The van der Waals surface area contributed by atoms with Crippen molar-refractivity contribution in [3.63, 3.8) is 0 Å². The number of halogens is 1. The molecule has 6 heteroatoms. The summed E-state index contributed by atoms with van der Waals surface area (Å²) in [5, 5.41) is 6.94. The van der Waals surface area contributed by atoms with Crippen molar-refractivity contribution in [2.45, 2.75) is 65.3 Å². The number of benzene rings is 1. The third-order valence-electron chi connectivity index (χ3n) is 5.45. The van der Waals surface area contributed by atoms with Gasteiger partial charge in [0.05, 0.1) is 0 Å². The molecule has 0 bridgehead atoms. The van der Waals surface area contributed by atoms with Crippen LogP contribution in [0, 0.1) is 5.92 Å². The normalized spacial score (nSPS) is 15.4. The number of piperidine rings is 1. The van der Waals surface area contributed by atoms with Crippen molar-refractivity contribution < 1.29 is 4.79 Å². The van der Waals surface area contributed by atoms with E-state index in [-0.39, 0.29) is 35.8 Å². The van der Waals surface area contributed by atoms with E-state index in [1.807, 2.05) is 25.8 Å². The lowest BCUT2D eigenvalue weighted by Gasteiger charge is -2.34. The fourth-order valence-corrected chi connectivity index (χ4v) is 3.57. The summed E-state index contributed by atoms with van der Waals surface area (Å²) in [7, 11) is 1.82. The van der Waals surface area contributed by atoms with Gasteiger partial charge in [-0.25, -0.2) is 0 Å². The average molecular weight is 514 g/mol. The molecule has 2 N–H and O–H groups in total. The number of nitrogens with one attached hydrogen (secondary N) is 2. The minimum atomic E-state index is 0. The summed E-state index contributed by atoms with van der Waals surface area (Å²) in [5.41, 5.74) is 2.78. The van der Waals surface area contributed by atoms with Crippen molar-refractivity contribution in [3.05, 3.63) is 35.4 Å². The average Bonchev–Trinajstić information content (AvgIpc) is 2.70. The molecule has 0 spiro atoms. The molecule has 2 rings (SSSR count). The van der Waals surface area contributed by atoms with E-state index in [9.17, 15) is 4.79 Å². The van der Waals surface area contributed by atoms with Gasteiger partial charge >= 0.3 is 0 Å². The Morgan fingerprint density at radius 3 is 2.28 bits per heavy atom. The van der Waals surface area contributed by atoms with Crippen LogP contribution in [0.4, 0.5) is 0 Å². The van der Waals surface area contributed by atoms with Crippen LogP contribution in [0.1, 0.15) is 64.0 Å². The third-order valence-corrected chi connectivity index (χ3v) is 5.45. The van der Waals surface area contributed by atoms with Gasteiger partial charge < -0.3 is 15.5 Å². The molecule has 1 amide bonds. The second-order valence-electron chi connectivity index (χ2n) is 8.40. The Hall–Kier alpha value is -1.31. The highest BCUT2D eigenvalue weighted by Gasteiger charge is 2.24. The number of guanidine groups is 1. The van der Waals surface area contributed by atoms with E-state index < -0.39 is 0 Å². The number of likely N-dealkylation sites (tertiary alicyclic amines) is 1. The highest BCUT2D eigenvalue weighted by Crippen LogP contribution is 2.15. The van der Waals surface area contributed by atoms with Crippen LogP contribution in [-0.2, 0) is 11.2 Å². The Labute approximate surface area is 194 Å². The van der Waals surface area contributed by atoms with Gasteiger partial charge in [0.1, 0.15) is 0 Å². The molecule has 0 radical (unpaired) electrons. The van der Waals surface area contributed by atoms with Crippen LogP contribution in [0.2, 0.25) is 0 Å². The van der Waals surface area contributed by atoms with Gasteiger partial charge in [-0.2, -0.15) is 0 Å². The predicted octanol–water partition coefficient (Wildman–Crippen LogP) is 4.17. The van der Waals surface area contributed by atoms with Gasteiger partial charge in [-0.15, -0.1) is 24.0 Å². The molecule has 5 nitrogen and oxygen atoms in total. The topological polar surface area (TPSA) is 56.7 Å². The number of nitrogens with zero attached hydrogens (tertiary/aromatic N) is 2. The van der Waals surface area contributed by atoms with E-state index in [4.69, 9.17) is 0 Å². The number of hydrogen-bond donors (Lipinski definition) is 2. The second kappa shape index (κ2) is 13.1. The predicted molar refractivity (Wildman–Crippen MR) is 133 cm³/mol. The molecule has 0 atom stereocenters. The number of rotatable bonds is 7. The molecule has 1 aromatic carbocycles. The highest BCUT2D eigenvalue weighted by molar-refractivity contribution is 14.0. The van der Waals surface area contributed by atoms with Gasteiger partial charge in [0.25, 0.3) is 0 Å². The summed E-state index contributed by atoms with van der Waals surface area (Å²) >= 11 is 0. The number of amides is 1. The van der Waals surface area contributed by atoms with Gasteiger partial charge in [0, 0.05) is 38.6 Å². The minimum absolute atomic E-state index is 0. The number of carbonyl (C=O) groups excluding carboxylic acids is 1. The maximum Gasteiger partial charge on any atom is 0.225 e. The van der Waals surface area contributed by atoms with E-state index in [2.05, 4.69) is 53.7 Å². The standard InChI is InChI=1S/C23H38N4O.HI/c1-17(2)20-10-8-19(9-11-20)7-6-14-25-23(24-5)26-21-12-15-27(16-13-21)22(28)18(3)4;/h8-11,17-18,21H,6-7,12-16H2,1-5H3,(H2,24,25,26);1H. The van der Waals surface area contributed by atoms with Crippen molar-refractivity contribution >= 4 is 35.8 Å². The van der Waals surface area contributed by atoms with E-state index in [1.165, 1.54) is 11.1 Å². The molecular weight excluding hydrogens is 475 g/mol. The van der Waals surface area contributed by atoms with Crippen LogP contribution in [0.3, 0.4) is 0 Å². The fourth-order valence-electron chi connectivity index (χ4n) is 3.57. The molecule has 1 heterocycles. The summed E-state index contributed by atoms with van der Waals surface area (Å²) in [5.74, 6) is 1.80. The largest absolute Gasteiger partial charge is 0.356 e. The lowest BCUT2D eigenvalue weighted by Crippen LogP contribution is -2.50. The number of aryl methyl sites for hydroxylation is 1. The quantitative estimate of drug-likeness (QED) is 0.249. The van der Waals surface area contributed by atoms with Crippen LogP contribution in [0.5, 0.6) is 0 Å². The molecule has 29 heavy (non-hydrogen) atoms. The lowest BCUT2D eigenvalue weighted by atomic mass is 10.0. The van der Waals surface area contributed by atoms with E-state index in [1.54, 1.807) is 0 Å². The van der Waals surface area contributed by atoms with E-state index in [0.29, 0.717) is 12.0 Å². The molecular formula is C23H39IN4O. The maximum absolute atomic E-state index is 12.1. The van der Waals surface area contributed by atoms with Crippen LogP contribution in [0.15, 0.2) is 29.3 Å². The molecule has 0 unspecified atom stereocenters. The summed E-state index contributed by atoms with van der Waals surface area (Å²) in [4.78, 5) is 18.4.